The Balaban J connectivity index is 1.46. The summed E-state index contributed by atoms with van der Waals surface area (Å²) < 4.78 is 5.48. The van der Waals surface area contributed by atoms with Gasteiger partial charge in [0, 0.05) is 38.5 Å². The number of aromatic nitrogens is 1. The highest BCUT2D eigenvalue weighted by Crippen LogP contribution is 2.39. The van der Waals surface area contributed by atoms with Crippen molar-refractivity contribution >= 4 is 5.91 Å². The van der Waals surface area contributed by atoms with Crippen molar-refractivity contribution in [1.82, 2.24) is 14.8 Å². The van der Waals surface area contributed by atoms with Crippen molar-refractivity contribution in [1.29, 1.82) is 0 Å². The Morgan fingerprint density at radius 3 is 2.56 bits per heavy atom. The Bertz CT molecular complexity index is 797. The maximum Gasteiger partial charge on any atom is 0.276 e. The summed E-state index contributed by atoms with van der Waals surface area (Å²) in [6, 6.07) is 10.7. The highest BCUT2D eigenvalue weighted by Gasteiger charge is 2.41. The lowest BCUT2D eigenvalue weighted by Gasteiger charge is -2.48. The minimum Gasteiger partial charge on any atom is -0.445 e. The van der Waals surface area contributed by atoms with E-state index in [1.54, 1.807) is 6.92 Å². The van der Waals surface area contributed by atoms with E-state index in [-0.39, 0.29) is 11.3 Å². The van der Waals surface area contributed by atoms with Crippen molar-refractivity contribution in [3.8, 4) is 0 Å². The van der Waals surface area contributed by atoms with Crippen LogP contribution in [0.3, 0.4) is 0 Å². The number of aryl methyl sites for hydroxylation is 2. The number of nitrogens with zero attached hydrogens (tertiary/aromatic N) is 3. The van der Waals surface area contributed by atoms with Gasteiger partial charge in [-0.1, -0.05) is 30.3 Å². The van der Waals surface area contributed by atoms with Gasteiger partial charge in [-0.3, -0.25) is 9.69 Å². The lowest BCUT2D eigenvalue weighted by Crippen LogP contribution is -2.53. The van der Waals surface area contributed by atoms with Crippen molar-refractivity contribution < 1.29 is 9.21 Å². The minimum absolute atomic E-state index is 0.0311. The van der Waals surface area contributed by atoms with Gasteiger partial charge in [-0.05, 0) is 44.7 Å². The number of hydrogen-bond acceptors (Lipinski definition) is 4. The van der Waals surface area contributed by atoms with E-state index in [2.05, 4.69) is 40.2 Å². The maximum absolute atomic E-state index is 13.0. The molecule has 2 fully saturated rings. The van der Waals surface area contributed by atoms with E-state index in [9.17, 15) is 4.79 Å². The SMILES string of the molecule is Cc1nc(C(=O)N2CCC[C@]3(CCCN(Cc4ccccc4)C3)C2)c(C)o1. The first-order valence-electron chi connectivity index (χ1n) is 10.0. The van der Waals surface area contributed by atoms with E-state index in [1.807, 2.05) is 11.8 Å². The van der Waals surface area contributed by atoms with Crippen LogP contribution in [0.2, 0.25) is 0 Å². The van der Waals surface area contributed by atoms with Crippen LogP contribution in [-0.4, -0.2) is 46.9 Å². The lowest BCUT2D eigenvalue weighted by molar-refractivity contribution is 0.0110. The number of carbonyl (C=O) groups is 1. The largest absolute Gasteiger partial charge is 0.445 e. The first-order chi connectivity index (χ1) is 13.0. The fourth-order valence-electron chi connectivity index (χ4n) is 4.88. The fraction of sp³-hybridized carbons (Fsp3) is 0.545. The number of likely N-dealkylation sites (tertiary alicyclic amines) is 2. The summed E-state index contributed by atoms with van der Waals surface area (Å²) in [5, 5.41) is 0. The topological polar surface area (TPSA) is 49.6 Å². The number of piperidine rings is 2. The molecular weight excluding hydrogens is 338 g/mol. The molecule has 0 bridgehead atoms. The molecule has 0 saturated carbocycles. The average Bonchev–Trinajstić information content (AvgIpc) is 3.00. The van der Waals surface area contributed by atoms with E-state index in [4.69, 9.17) is 4.42 Å². The third kappa shape index (κ3) is 3.93. The van der Waals surface area contributed by atoms with Crippen LogP contribution in [-0.2, 0) is 6.54 Å². The standard InChI is InChI=1S/C22H29N3O2/c1-17-20(23-18(2)27-17)21(26)25-13-7-11-22(16-25)10-6-12-24(15-22)14-19-8-4-3-5-9-19/h3-5,8-9H,6-7,10-16H2,1-2H3/t22-/m0/s1. The van der Waals surface area contributed by atoms with Gasteiger partial charge in [-0.2, -0.15) is 0 Å². The number of benzene rings is 1. The normalized spacial score (nSPS) is 23.7. The molecule has 2 saturated heterocycles. The van der Waals surface area contributed by atoms with Gasteiger partial charge < -0.3 is 9.32 Å². The molecule has 1 amide bonds. The predicted octanol–water partition coefficient (Wildman–Crippen LogP) is 3.81. The van der Waals surface area contributed by atoms with Crippen molar-refractivity contribution in [3.63, 3.8) is 0 Å². The Hall–Kier alpha value is -2.14. The smallest absolute Gasteiger partial charge is 0.276 e. The van der Waals surface area contributed by atoms with Crippen LogP contribution in [0.4, 0.5) is 0 Å². The molecule has 1 aromatic heterocycles. The second kappa shape index (κ2) is 7.47. The molecule has 1 aromatic carbocycles. The quantitative estimate of drug-likeness (QED) is 0.828. The third-order valence-electron chi connectivity index (χ3n) is 6.04. The highest BCUT2D eigenvalue weighted by atomic mass is 16.4. The van der Waals surface area contributed by atoms with Crippen molar-refractivity contribution in [2.24, 2.45) is 5.41 Å². The van der Waals surface area contributed by atoms with E-state index in [0.717, 1.165) is 39.1 Å². The molecule has 0 aliphatic carbocycles. The second-order valence-corrected chi connectivity index (χ2v) is 8.27. The van der Waals surface area contributed by atoms with Gasteiger partial charge in [0.15, 0.2) is 11.6 Å². The second-order valence-electron chi connectivity index (χ2n) is 8.27. The molecule has 2 aliphatic heterocycles. The van der Waals surface area contributed by atoms with Gasteiger partial charge in [0.1, 0.15) is 5.76 Å². The molecule has 5 nitrogen and oxygen atoms in total. The third-order valence-corrected chi connectivity index (χ3v) is 6.04. The number of oxazole rings is 1. The Morgan fingerprint density at radius 2 is 1.85 bits per heavy atom. The molecule has 27 heavy (non-hydrogen) atoms. The van der Waals surface area contributed by atoms with Crippen LogP contribution in [0.15, 0.2) is 34.7 Å². The fourth-order valence-corrected chi connectivity index (χ4v) is 4.88. The summed E-state index contributed by atoms with van der Waals surface area (Å²) in [4.78, 5) is 21.9. The van der Waals surface area contributed by atoms with Gasteiger partial charge in [0.05, 0.1) is 0 Å². The molecule has 0 radical (unpaired) electrons. The first kappa shape index (κ1) is 18.2. The van der Waals surface area contributed by atoms with E-state index in [1.165, 1.54) is 24.8 Å². The highest BCUT2D eigenvalue weighted by molar-refractivity contribution is 5.93. The van der Waals surface area contributed by atoms with Crippen molar-refractivity contribution in [2.75, 3.05) is 26.2 Å². The zero-order valence-electron chi connectivity index (χ0n) is 16.4. The van der Waals surface area contributed by atoms with E-state index >= 15 is 0 Å². The molecule has 3 heterocycles. The Morgan fingerprint density at radius 1 is 1.11 bits per heavy atom. The van der Waals surface area contributed by atoms with Gasteiger partial charge in [0.2, 0.25) is 0 Å². The number of amides is 1. The molecule has 2 aliphatic rings. The minimum atomic E-state index is 0.0311. The molecule has 2 aromatic rings. The summed E-state index contributed by atoms with van der Waals surface area (Å²) in [7, 11) is 0. The Labute approximate surface area is 161 Å². The molecule has 5 heteroatoms. The summed E-state index contributed by atoms with van der Waals surface area (Å²) >= 11 is 0. The van der Waals surface area contributed by atoms with E-state index < -0.39 is 0 Å². The van der Waals surface area contributed by atoms with Crippen LogP contribution < -0.4 is 0 Å². The summed E-state index contributed by atoms with van der Waals surface area (Å²) in [5.74, 6) is 1.23. The first-order valence-corrected chi connectivity index (χ1v) is 10.0. The van der Waals surface area contributed by atoms with Crippen LogP contribution in [0.25, 0.3) is 0 Å². The molecule has 0 N–H and O–H groups in total. The molecular formula is C22H29N3O2. The van der Waals surface area contributed by atoms with Crippen LogP contribution in [0.1, 0.15) is 53.4 Å². The molecule has 0 unspecified atom stereocenters. The number of hydrogen-bond donors (Lipinski definition) is 0. The molecule has 1 spiro atoms. The molecule has 4 rings (SSSR count). The lowest BCUT2D eigenvalue weighted by atomic mass is 9.73. The maximum atomic E-state index is 13.0. The summed E-state index contributed by atoms with van der Waals surface area (Å²) in [6.45, 7) is 8.50. The number of carbonyl (C=O) groups excluding carboxylic acids is 1. The van der Waals surface area contributed by atoms with Gasteiger partial charge in [-0.15, -0.1) is 0 Å². The van der Waals surface area contributed by atoms with Gasteiger partial charge >= 0.3 is 0 Å². The van der Waals surface area contributed by atoms with Gasteiger partial charge in [-0.25, -0.2) is 4.98 Å². The van der Waals surface area contributed by atoms with Gasteiger partial charge in [0.25, 0.3) is 5.91 Å². The summed E-state index contributed by atoms with van der Waals surface area (Å²) in [6.07, 6.45) is 4.69. The van der Waals surface area contributed by atoms with Crippen molar-refractivity contribution in [3.05, 3.63) is 53.2 Å². The predicted molar refractivity (Wildman–Crippen MR) is 105 cm³/mol. The number of rotatable bonds is 3. The zero-order valence-corrected chi connectivity index (χ0v) is 16.4. The van der Waals surface area contributed by atoms with Crippen LogP contribution in [0.5, 0.6) is 0 Å². The Kier molecular flexibility index (Phi) is 5.04. The monoisotopic (exact) mass is 367 g/mol. The zero-order chi connectivity index (χ0) is 18.9. The van der Waals surface area contributed by atoms with Crippen LogP contribution in [0, 0.1) is 19.3 Å². The van der Waals surface area contributed by atoms with E-state index in [0.29, 0.717) is 17.3 Å². The molecule has 144 valence electrons. The van der Waals surface area contributed by atoms with Crippen molar-refractivity contribution in [2.45, 2.75) is 46.1 Å². The van der Waals surface area contributed by atoms with Crippen LogP contribution >= 0.6 is 0 Å². The summed E-state index contributed by atoms with van der Waals surface area (Å²) in [5.41, 5.74) is 2.07. The molecule has 1 atom stereocenters. The average molecular weight is 367 g/mol.